The van der Waals surface area contributed by atoms with Crippen molar-refractivity contribution in [2.24, 2.45) is 11.7 Å². The van der Waals surface area contributed by atoms with Crippen LogP contribution in [-0.2, 0) is 0 Å². The molecule has 2 aromatic heterocycles. The number of aromatic nitrogens is 2. The zero-order valence-corrected chi connectivity index (χ0v) is 16.2. The number of alkyl halides is 2. The second kappa shape index (κ2) is 7.08. The van der Waals surface area contributed by atoms with Gasteiger partial charge in [-0.1, -0.05) is 0 Å². The van der Waals surface area contributed by atoms with Crippen molar-refractivity contribution in [1.29, 1.82) is 0 Å². The van der Waals surface area contributed by atoms with Gasteiger partial charge in [0.05, 0.1) is 18.8 Å². The summed E-state index contributed by atoms with van der Waals surface area (Å²) in [4.78, 5) is 28.9. The van der Waals surface area contributed by atoms with Gasteiger partial charge in [0.25, 0.3) is 12.0 Å². The average molecular weight is 412 g/mol. The van der Waals surface area contributed by atoms with Gasteiger partial charge in [-0.2, -0.15) is 0 Å². The van der Waals surface area contributed by atoms with E-state index in [9.17, 15) is 18.4 Å². The molecule has 7 nitrogen and oxygen atoms in total. The molecule has 3 N–H and O–H groups in total. The number of aryl methyl sites for hydroxylation is 1. The van der Waals surface area contributed by atoms with Crippen LogP contribution in [0.2, 0.25) is 0 Å². The summed E-state index contributed by atoms with van der Waals surface area (Å²) in [7, 11) is 1.34. The van der Waals surface area contributed by atoms with Gasteiger partial charge in [0, 0.05) is 18.7 Å². The summed E-state index contributed by atoms with van der Waals surface area (Å²) >= 11 is 0. The molecule has 158 valence electrons. The summed E-state index contributed by atoms with van der Waals surface area (Å²) in [6.07, 6.45) is -0.693. The van der Waals surface area contributed by atoms with Crippen molar-refractivity contribution in [3.05, 3.63) is 37.9 Å². The molecule has 4 rings (SSSR count). The van der Waals surface area contributed by atoms with Gasteiger partial charge in [0.15, 0.2) is 11.6 Å². The Balaban J connectivity index is 1.94. The van der Waals surface area contributed by atoms with E-state index in [1.807, 2.05) is 0 Å². The van der Waals surface area contributed by atoms with E-state index in [0.29, 0.717) is 18.5 Å². The van der Waals surface area contributed by atoms with Crippen LogP contribution in [0.3, 0.4) is 0 Å². The summed E-state index contributed by atoms with van der Waals surface area (Å²) in [5, 5.41) is 0. The number of anilines is 1. The first-order valence-corrected chi connectivity index (χ1v) is 9.59. The van der Waals surface area contributed by atoms with Crippen molar-refractivity contribution in [3.8, 4) is 5.75 Å². The number of nitrogens with zero attached hydrogens (tertiary/aromatic N) is 2. The van der Waals surface area contributed by atoms with Gasteiger partial charge in [-0.3, -0.25) is 14.2 Å². The number of hydrogen-bond donors (Lipinski definition) is 2. The van der Waals surface area contributed by atoms with Crippen molar-refractivity contribution in [1.82, 2.24) is 9.38 Å². The fourth-order valence-electron chi connectivity index (χ4n) is 4.31. The number of H-pyrrole nitrogens is 1. The molecule has 2 fully saturated rings. The summed E-state index contributed by atoms with van der Waals surface area (Å²) in [6, 6.07) is -1.30. The molecular formula is C19H23F3N4O3. The lowest BCUT2D eigenvalue weighted by atomic mass is 10.0. The standard InChI is InChI=1S/C19H23F3N4O3/c1-8-12(20)15(25-6-5-10(7-25)13(23)17(21)22)16(29-2)14-11(9-3-4-9)18(27)24-19(28)26(8)14/h9-10,13,17H,3-7,23H2,1-2H3,(H,24,27,28). The molecule has 1 saturated carbocycles. The van der Waals surface area contributed by atoms with Crippen molar-refractivity contribution in [2.45, 2.75) is 44.6 Å². The molecule has 0 spiro atoms. The van der Waals surface area contributed by atoms with Crippen LogP contribution in [0.15, 0.2) is 9.59 Å². The fourth-order valence-corrected chi connectivity index (χ4v) is 4.31. The highest BCUT2D eigenvalue weighted by molar-refractivity contribution is 5.79. The van der Waals surface area contributed by atoms with Gasteiger partial charge in [-0.05, 0) is 38.0 Å². The summed E-state index contributed by atoms with van der Waals surface area (Å²) in [5.41, 5.74) is 5.12. The van der Waals surface area contributed by atoms with Crippen molar-refractivity contribution in [3.63, 3.8) is 0 Å². The highest BCUT2D eigenvalue weighted by atomic mass is 19.3. The molecule has 2 aliphatic rings. The number of nitrogens with two attached hydrogens (primary N) is 1. The lowest BCUT2D eigenvalue weighted by Crippen LogP contribution is -2.38. The minimum absolute atomic E-state index is 0.0282. The van der Waals surface area contributed by atoms with Crippen LogP contribution >= 0.6 is 0 Å². The maximum absolute atomic E-state index is 15.4. The van der Waals surface area contributed by atoms with E-state index in [0.717, 1.165) is 17.2 Å². The van der Waals surface area contributed by atoms with Crippen LogP contribution < -0.4 is 26.6 Å². The molecule has 3 heterocycles. The number of fused-ring (bicyclic) bond motifs is 1. The van der Waals surface area contributed by atoms with Gasteiger partial charge in [-0.25, -0.2) is 18.0 Å². The molecule has 2 unspecified atom stereocenters. The molecule has 0 bridgehead atoms. The van der Waals surface area contributed by atoms with E-state index in [2.05, 4.69) is 4.98 Å². The maximum Gasteiger partial charge on any atom is 0.333 e. The smallest absolute Gasteiger partial charge is 0.333 e. The van der Waals surface area contributed by atoms with Crippen LogP contribution in [-0.4, -0.2) is 42.1 Å². The first kappa shape index (κ1) is 19.8. The molecule has 0 radical (unpaired) electrons. The van der Waals surface area contributed by atoms with E-state index in [1.165, 1.54) is 14.0 Å². The highest BCUT2D eigenvalue weighted by Gasteiger charge is 2.37. The van der Waals surface area contributed by atoms with E-state index in [-0.39, 0.29) is 35.1 Å². The largest absolute Gasteiger partial charge is 0.492 e. The number of rotatable bonds is 5. The Morgan fingerprint density at radius 3 is 2.52 bits per heavy atom. The topological polar surface area (TPSA) is 92.8 Å². The maximum atomic E-state index is 15.4. The molecular weight excluding hydrogens is 389 g/mol. The highest BCUT2D eigenvalue weighted by Crippen LogP contribution is 2.46. The predicted octanol–water partition coefficient (Wildman–Crippen LogP) is 1.74. The number of nitrogens with one attached hydrogen (secondary N) is 1. The van der Waals surface area contributed by atoms with Crippen LogP contribution in [0.4, 0.5) is 18.9 Å². The first-order valence-electron chi connectivity index (χ1n) is 9.59. The van der Waals surface area contributed by atoms with E-state index in [1.54, 1.807) is 4.90 Å². The third-order valence-corrected chi connectivity index (χ3v) is 6.00. The quantitative estimate of drug-likeness (QED) is 0.781. The predicted molar refractivity (Wildman–Crippen MR) is 102 cm³/mol. The Bertz CT molecular complexity index is 1080. The molecule has 2 atom stereocenters. The monoisotopic (exact) mass is 412 g/mol. The zero-order valence-electron chi connectivity index (χ0n) is 16.2. The summed E-state index contributed by atoms with van der Waals surface area (Å²) < 4.78 is 48.1. The van der Waals surface area contributed by atoms with Crippen molar-refractivity contribution >= 4 is 11.2 Å². The second-order valence-corrected chi connectivity index (χ2v) is 7.82. The normalized spacial score (nSPS) is 20.7. The van der Waals surface area contributed by atoms with E-state index in [4.69, 9.17) is 10.5 Å². The SMILES string of the molecule is COc1c(N2CCC(C(N)C(F)F)C2)c(F)c(C)n2c(=O)[nH]c(=O)c(C3CC3)c12. The lowest BCUT2D eigenvalue weighted by Gasteiger charge is -2.26. The molecule has 2 aromatic rings. The van der Waals surface area contributed by atoms with E-state index >= 15 is 4.39 Å². The van der Waals surface area contributed by atoms with Crippen LogP contribution in [0.5, 0.6) is 5.75 Å². The third kappa shape index (κ3) is 3.09. The second-order valence-electron chi connectivity index (χ2n) is 7.82. The number of aromatic amines is 1. The minimum atomic E-state index is -2.66. The van der Waals surface area contributed by atoms with Crippen LogP contribution in [0.25, 0.3) is 5.52 Å². The van der Waals surface area contributed by atoms with Crippen molar-refractivity contribution < 1.29 is 17.9 Å². The van der Waals surface area contributed by atoms with Crippen molar-refractivity contribution in [2.75, 3.05) is 25.1 Å². The molecule has 1 aliphatic carbocycles. The van der Waals surface area contributed by atoms with Gasteiger partial charge >= 0.3 is 5.69 Å². The van der Waals surface area contributed by atoms with E-state index < -0.39 is 35.5 Å². The Morgan fingerprint density at radius 1 is 1.24 bits per heavy atom. The molecule has 1 saturated heterocycles. The van der Waals surface area contributed by atoms with Gasteiger partial charge in [0.1, 0.15) is 11.2 Å². The summed E-state index contributed by atoms with van der Waals surface area (Å²) in [5.74, 6) is -1.14. The molecule has 1 aliphatic heterocycles. The van der Waals surface area contributed by atoms with Gasteiger partial charge in [-0.15, -0.1) is 0 Å². The molecule has 0 aromatic carbocycles. The molecule has 29 heavy (non-hydrogen) atoms. The van der Waals surface area contributed by atoms with Gasteiger partial charge < -0.3 is 15.4 Å². The fraction of sp³-hybridized carbons (Fsp3) is 0.579. The Labute approximate surface area is 164 Å². The van der Waals surface area contributed by atoms with Crippen LogP contribution in [0, 0.1) is 18.7 Å². The van der Waals surface area contributed by atoms with Crippen LogP contribution in [0.1, 0.15) is 36.4 Å². The third-order valence-electron chi connectivity index (χ3n) is 6.00. The summed E-state index contributed by atoms with van der Waals surface area (Å²) in [6.45, 7) is 1.90. The zero-order chi connectivity index (χ0) is 21.0. The average Bonchev–Trinajstić information content (AvgIpc) is 3.39. The number of ether oxygens (including phenoxy) is 1. The Morgan fingerprint density at radius 2 is 1.93 bits per heavy atom. The lowest BCUT2D eigenvalue weighted by molar-refractivity contribution is 0.0929. The number of methoxy groups -OCH3 is 1. The van der Waals surface area contributed by atoms with Gasteiger partial charge in [0.2, 0.25) is 0 Å². The molecule has 0 amide bonds. The minimum Gasteiger partial charge on any atom is -0.492 e. The Hall–Kier alpha value is -2.49. The first-order chi connectivity index (χ1) is 13.8. The Kier molecular flexibility index (Phi) is 4.84. The number of halogens is 3. The number of pyridine rings is 1. The number of hydrogen-bond acceptors (Lipinski definition) is 5. The molecule has 10 heteroatoms.